The van der Waals surface area contributed by atoms with Gasteiger partial charge in [-0.1, -0.05) is 43.2 Å². The first-order valence-corrected chi connectivity index (χ1v) is 13.4. The molecule has 1 aromatic heterocycles. The molecule has 2 aliphatic heterocycles. The van der Waals surface area contributed by atoms with E-state index in [-0.39, 0.29) is 11.3 Å². The van der Waals surface area contributed by atoms with Crippen LogP contribution in [-0.2, 0) is 29.5 Å². The summed E-state index contributed by atoms with van der Waals surface area (Å²) in [6.45, 7) is 7.30. The third-order valence-corrected chi connectivity index (χ3v) is 8.31. The summed E-state index contributed by atoms with van der Waals surface area (Å²) < 4.78 is 7.81. The van der Waals surface area contributed by atoms with E-state index in [0.29, 0.717) is 11.7 Å². The highest BCUT2D eigenvalue weighted by atomic mass is 16.5. The second kappa shape index (κ2) is 10.6. The largest absolute Gasteiger partial charge is 0.381 e. The van der Waals surface area contributed by atoms with Crippen LogP contribution in [0.4, 0.5) is 0 Å². The molecule has 6 nitrogen and oxygen atoms in total. The number of rotatable bonds is 6. The average Bonchev–Trinajstić information content (AvgIpc) is 3.05. The van der Waals surface area contributed by atoms with Crippen molar-refractivity contribution in [3.05, 3.63) is 52.8 Å². The molecule has 2 aromatic rings. The maximum atomic E-state index is 13.5. The molecule has 6 heteroatoms. The number of amides is 1. The molecule has 1 aromatic carbocycles. The molecule has 5 rings (SSSR count). The van der Waals surface area contributed by atoms with Crippen molar-refractivity contribution in [3.8, 4) is 0 Å². The number of fused-ring (bicyclic) bond motifs is 1. The first-order chi connectivity index (χ1) is 16.7. The summed E-state index contributed by atoms with van der Waals surface area (Å²) >= 11 is 0. The van der Waals surface area contributed by atoms with Gasteiger partial charge in [-0.15, -0.1) is 0 Å². The van der Waals surface area contributed by atoms with Crippen molar-refractivity contribution in [2.24, 2.45) is 0 Å². The third-order valence-electron chi connectivity index (χ3n) is 8.31. The molecule has 3 aliphatic rings. The fraction of sp³-hybridized carbons (Fsp3) is 0.643. The van der Waals surface area contributed by atoms with Gasteiger partial charge in [-0.2, -0.15) is 5.10 Å². The Kier molecular flexibility index (Phi) is 7.35. The maximum Gasteiger partial charge on any atom is 0.274 e. The molecule has 2 saturated heterocycles. The normalized spacial score (nSPS) is 22.7. The number of hydrogen-bond acceptors (Lipinski definition) is 4. The number of likely N-dealkylation sites (tertiary alicyclic amines) is 1. The van der Waals surface area contributed by atoms with E-state index in [0.717, 1.165) is 84.3 Å². The topological polar surface area (TPSA) is 59.4 Å². The van der Waals surface area contributed by atoms with Crippen LogP contribution in [0.2, 0.25) is 0 Å². The Morgan fingerprint density at radius 1 is 1.12 bits per heavy atom. The zero-order valence-electron chi connectivity index (χ0n) is 20.7. The lowest BCUT2D eigenvalue weighted by atomic mass is 9.73. The number of nitrogens with one attached hydrogen (secondary N) is 1. The van der Waals surface area contributed by atoms with Crippen LogP contribution in [0.25, 0.3) is 0 Å². The Labute approximate surface area is 204 Å². The Hall–Kier alpha value is -2.18. The van der Waals surface area contributed by atoms with E-state index in [1.165, 1.54) is 29.7 Å². The number of ether oxygens (including phenoxy) is 1. The summed E-state index contributed by atoms with van der Waals surface area (Å²) in [5, 5.41) is 8.78. The van der Waals surface area contributed by atoms with Crippen LogP contribution in [0.15, 0.2) is 30.3 Å². The highest BCUT2D eigenvalue weighted by Gasteiger charge is 2.36. The quantitative estimate of drug-likeness (QED) is 0.699. The van der Waals surface area contributed by atoms with Gasteiger partial charge in [0, 0.05) is 62.1 Å². The van der Waals surface area contributed by atoms with Crippen molar-refractivity contribution >= 4 is 5.91 Å². The van der Waals surface area contributed by atoms with Crippen LogP contribution in [0, 0.1) is 0 Å². The van der Waals surface area contributed by atoms with E-state index in [1.807, 2.05) is 0 Å². The summed E-state index contributed by atoms with van der Waals surface area (Å²) in [5.74, 6) is 0.149. The summed E-state index contributed by atoms with van der Waals surface area (Å²) in [5.41, 5.74) is 4.73. The van der Waals surface area contributed by atoms with Crippen LogP contribution in [0.1, 0.15) is 79.2 Å². The molecule has 3 heterocycles. The summed E-state index contributed by atoms with van der Waals surface area (Å²) in [7, 11) is 0. The Morgan fingerprint density at radius 3 is 2.56 bits per heavy atom. The molecule has 0 bridgehead atoms. The monoisotopic (exact) mass is 464 g/mol. The molecule has 1 atom stereocenters. The van der Waals surface area contributed by atoms with Gasteiger partial charge in [-0.25, -0.2) is 0 Å². The molecule has 0 radical (unpaired) electrons. The highest BCUT2D eigenvalue weighted by Crippen LogP contribution is 2.35. The van der Waals surface area contributed by atoms with Gasteiger partial charge >= 0.3 is 0 Å². The number of aromatic nitrogens is 2. The van der Waals surface area contributed by atoms with Crippen molar-refractivity contribution in [1.82, 2.24) is 20.0 Å². The number of carbonyl (C=O) groups is 1. The van der Waals surface area contributed by atoms with Crippen LogP contribution < -0.4 is 5.32 Å². The predicted octanol–water partition coefficient (Wildman–Crippen LogP) is 4.11. The fourth-order valence-corrected chi connectivity index (χ4v) is 6.18. The number of aryl methyl sites for hydroxylation is 1. The highest BCUT2D eigenvalue weighted by molar-refractivity contribution is 5.94. The Bertz CT molecular complexity index is 956. The summed E-state index contributed by atoms with van der Waals surface area (Å²) in [6, 6.07) is 11.3. The van der Waals surface area contributed by atoms with Gasteiger partial charge in [0.15, 0.2) is 5.69 Å². The minimum absolute atomic E-state index is 0.123. The third kappa shape index (κ3) is 4.80. The van der Waals surface area contributed by atoms with E-state index in [9.17, 15) is 4.79 Å². The Balaban J connectivity index is 1.33. The molecule has 184 valence electrons. The molecular weight excluding hydrogens is 424 g/mol. The predicted molar refractivity (Wildman–Crippen MR) is 134 cm³/mol. The lowest BCUT2D eigenvalue weighted by Gasteiger charge is -2.39. The van der Waals surface area contributed by atoms with E-state index in [2.05, 4.69) is 52.2 Å². The standard InChI is InChI=1S/C28H40N4O2/c1-2-32-25-13-12-23(20-24(25)26(30-32)27(33)31-16-8-3-4-9-17-31)29-21-28(14-18-34-19-15-28)22-10-6-5-7-11-22/h5-7,10-11,23,29H,2-4,8-9,12-21H2,1H3/t23-/m0/s1. The van der Waals surface area contributed by atoms with Gasteiger partial charge in [0.1, 0.15) is 0 Å². The second-order valence-corrected chi connectivity index (χ2v) is 10.4. The van der Waals surface area contributed by atoms with Crippen molar-refractivity contribution in [3.63, 3.8) is 0 Å². The second-order valence-electron chi connectivity index (χ2n) is 10.4. The molecule has 1 aliphatic carbocycles. The van der Waals surface area contributed by atoms with Gasteiger partial charge in [0.05, 0.1) is 0 Å². The van der Waals surface area contributed by atoms with Crippen molar-refractivity contribution < 1.29 is 9.53 Å². The summed E-state index contributed by atoms with van der Waals surface area (Å²) in [6.07, 6.45) is 9.75. The van der Waals surface area contributed by atoms with E-state index in [1.54, 1.807) is 0 Å². The minimum Gasteiger partial charge on any atom is -0.381 e. The zero-order chi connectivity index (χ0) is 23.4. The van der Waals surface area contributed by atoms with Gasteiger partial charge in [0.2, 0.25) is 0 Å². The van der Waals surface area contributed by atoms with Gasteiger partial charge in [-0.05, 0) is 57.4 Å². The lowest BCUT2D eigenvalue weighted by Crippen LogP contribution is -2.47. The number of nitrogens with zero attached hydrogens (tertiary/aromatic N) is 3. The fourth-order valence-electron chi connectivity index (χ4n) is 6.18. The number of carbonyl (C=O) groups excluding carboxylic acids is 1. The van der Waals surface area contributed by atoms with Gasteiger partial charge < -0.3 is 15.0 Å². The average molecular weight is 465 g/mol. The van der Waals surface area contributed by atoms with Gasteiger partial charge in [-0.3, -0.25) is 9.48 Å². The molecule has 0 spiro atoms. The van der Waals surface area contributed by atoms with Gasteiger partial charge in [0.25, 0.3) is 5.91 Å². The number of hydrogen-bond donors (Lipinski definition) is 1. The Morgan fingerprint density at radius 2 is 1.85 bits per heavy atom. The van der Waals surface area contributed by atoms with Crippen molar-refractivity contribution in [2.45, 2.75) is 82.7 Å². The minimum atomic E-state index is 0.123. The first kappa shape index (κ1) is 23.6. The van der Waals surface area contributed by atoms with Crippen LogP contribution in [0.3, 0.4) is 0 Å². The maximum absolute atomic E-state index is 13.5. The van der Waals surface area contributed by atoms with E-state index in [4.69, 9.17) is 9.84 Å². The van der Waals surface area contributed by atoms with E-state index < -0.39 is 0 Å². The summed E-state index contributed by atoms with van der Waals surface area (Å²) in [4.78, 5) is 15.6. The zero-order valence-corrected chi connectivity index (χ0v) is 20.7. The van der Waals surface area contributed by atoms with Crippen LogP contribution >= 0.6 is 0 Å². The smallest absolute Gasteiger partial charge is 0.274 e. The van der Waals surface area contributed by atoms with Crippen molar-refractivity contribution in [1.29, 1.82) is 0 Å². The van der Waals surface area contributed by atoms with E-state index >= 15 is 0 Å². The molecule has 2 fully saturated rings. The molecule has 0 unspecified atom stereocenters. The van der Waals surface area contributed by atoms with Crippen LogP contribution in [0.5, 0.6) is 0 Å². The number of benzene rings is 1. The molecule has 0 saturated carbocycles. The molecule has 1 amide bonds. The van der Waals surface area contributed by atoms with Crippen LogP contribution in [-0.4, -0.2) is 59.5 Å². The van der Waals surface area contributed by atoms with Crippen molar-refractivity contribution in [2.75, 3.05) is 32.8 Å². The molecule has 1 N–H and O–H groups in total. The first-order valence-electron chi connectivity index (χ1n) is 13.4. The lowest BCUT2D eigenvalue weighted by molar-refractivity contribution is 0.0486. The molecular formula is C28H40N4O2. The SMILES string of the molecule is CCn1nc(C(=O)N2CCCCCC2)c2c1CC[C@H](NCC1(c3ccccc3)CCOCC1)C2. The molecule has 34 heavy (non-hydrogen) atoms.